The van der Waals surface area contributed by atoms with Gasteiger partial charge >= 0.3 is 0 Å². The Hall–Kier alpha value is -0.890. The summed E-state index contributed by atoms with van der Waals surface area (Å²) in [5.41, 5.74) is 1.07. The molecule has 0 spiro atoms. The Morgan fingerprint density at radius 3 is 2.69 bits per heavy atom. The van der Waals surface area contributed by atoms with E-state index in [-0.39, 0.29) is 0 Å². The number of para-hydroxylation sites is 2. The molecule has 0 saturated carbocycles. The van der Waals surface area contributed by atoms with Crippen molar-refractivity contribution in [2.24, 2.45) is 0 Å². The molecule has 0 aliphatic carbocycles. The molecule has 0 fully saturated rings. The number of anilines is 1. The minimum atomic E-state index is 0.620. The van der Waals surface area contributed by atoms with Crippen LogP contribution in [0, 0.1) is 0 Å². The normalized spacial score (nSPS) is 9.77. The first kappa shape index (κ1) is 10.2. The quantitative estimate of drug-likeness (QED) is 0.691. The topological polar surface area (TPSA) is 12.5 Å². The smallest absolute Gasteiger partial charge is 0.142 e. The van der Waals surface area contributed by atoms with Crippen molar-refractivity contribution in [2.45, 2.75) is 0 Å². The number of alkyl halides is 1. The zero-order valence-electron chi connectivity index (χ0n) is 7.96. The van der Waals surface area contributed by atoms with Crippen molar-refractivity contribution in [3.63, 3.8) is 0 Å². The number of benzene rings is 1. The van der Waals surface area contributed by atoms with E-state index < -0.39 is 0 Å². The monoisotopic (exact) mass is 199 g/mol. The summed E-state index contributed by atoms with van der Waals surface area (Å²) in [6.45, 7) is 0.821. The van der Waals surface area contributed by atoms with Gasteiger partial charge in [0.25, 0.3) is 0 Å². The molecule has 0 radical (unpaired) electrons. The predicted octanol–water partition coefficient (Wildman–Crippen LogP) is 2.37. The molecule has 0 aliphatic rings. The average Bonchev–Trinajstić information content (AvgIpc) is 2.18. The van der Waals surface area contributed by atoms with Gasteiger partial charge in [-0.2, -0.15) is 0 Å². The van der Waals surface area contributed by atoms with Crippen LogP contribution in [0.4, 0.5) is 5.69 Å². The number of hydrogen-bond donors (Lipinski definition) is 0. The number of hydrogen-bond acceptors (Lipinski definition) is 2. The van der Waals surface area contributed by atoms with E-state index in [1.165, 1.54) is 0 Å². The van der Waals surface area contributed by atoms with Crippen LogP contribution in [0.3, 0.4) is 0 Å². The number of nitrogens with zero attached hydrogens (tertiary/aromatic N) is 1. The van der Waals surface area contributed by atoms with Gasteiger partial charge in [0.15, 0.2) is 0 Å². The molecule has 0 unspecified atom stereocenters. The van der Waals surface area contributed by atoms with Crippen molar-refractivity contribution in [1.29, 1.82) is 0 Å². The van der Waals surface area contributed by atoms with Crippen LogP contribution in [0.25, 0.3) is 0 Å². The van der Waals surface area contributed by atoms with E-state index in [2.05, 4.69) is 4.90 Å². The second-order valence-corrected chi connectivity index (χ2v) is 3.16. The standard InChI is InChI=1S/C10H14ClNO/c1-12(8-7-11)9-5-3-4-6-10(9)13-2/h3-6H,7-8H2,1-2H3. The van der Waals surface area contributed by atoms with Gasteiger partial charge in [-0.15, -0.1) is 11.6 Å². The molecule has 0 heterocycles. The highest BCUT2D eigenvalue weighted by Gasteiger charge is 2.05. The minimum absolute atomic E-state index is 0.620. The third-order valence-corrected chi connectivity index (χ3v) is 2.09. The molecule has 1 aromatic rings. The van der Waals surface area contributed by atoms with Crippen molar-refractivity contribution in [3.8, 4) is 5.75 Å². The molecule has 13 heavy (non-hydrogen) atoms. The van der Waals surface area contributed by atoms with Gasteiger partial charge in [-0.1, -0.05) is 12.1 Å². The molecule has 0 aromatic heterocycles. The fourth-order valence-corrected chi connectivity index (χ4v) is 1.45. The second kappa shape index (κ2) is 4.97. The summed E-state index contributed by atoms with van der Waals surface area (Å²) in [6, 6.07) is 7.91. The van der Waals surface area contributed by atoms with E-state index in [0.717, 1.165) is 18.0 Å². The first-order valence-corrected chi connectivity index (χ1v) is 4.73. The summed E-state index contributed by atoms with van der Waals surface area (Å²) >= 11 is 5.66. The van der Waals surface area contributed by atoms with E-state index in [9.17, 15) is 0 Å². The molecule has 0 bridgehead atoms. The van der Waals surface area contributed by atoms with Gasteiger partial charge in [-0.3, -0.25) is 0 Å². The number of rotatable bonds is 4. The predicted molar refractivity (Wildman–Crippen MR) is 57.0 cm³/mol. The van der Waals surface area contributed by atoms with E-state index in [4.69, 9.17) is 16.3 Å². The molecule has 0 saturated heterocycles. The number of halogens is 1. The van der Waals surface area contributed by atoms with Gasteiger partial charge in [0, 0.05) is 19.5 Å². The zero-order valence-corrected chi connectivity index (χ0v) is 8.71. The third kappa shape index (κ3) is 2.52. The minimum Gasteiger partial charge on any atom is -0.495 e. The van der Waals surface area contributed by atoms with Crippen LogP contribution in [-0.4, -0.2) is 26.6 Å². The van der Waals surface area contributed by atoms with E-state index in [0.29, 0.717) is 5.88 Å². The highest BCUT2D eigenvalue weighted by atomic mass is 35.5. The van der Waals surface area contributed by atoms with Crippen LogP contribution in [0.5, 0.6) is 5.75 Å². The lowest BCUT2D eigenvalue weighted by molar-refractivity contribution is 0.415. The molecule has 72 valence electrons. The molecule has 2 nitrogen and oxygen atoms in total. The van der Waals surface area contributed by atoms with E-state index >= 15 is 0 Å². The van der Waals surface area contributed by atoms with E-state index in [1.54, 1.807) is 7.11 Å². The Morgan fingerprint density at radius 2 is 2.08 bits per heavy atom. The SMILES string of the molecule is COc1ccccc1N(C)CCCl. The molecule has 0 amide bonds. The highest BCUT2D eigenvalue weighted by molar-refractivity contribution is 6.18. The number of ether oxygens (including phenoxy) is 1. The molecule has 3 heteroatoms. The van der Waals surface area contributed by atoms with Crippen LogP contribution in [0.15, 0.2) is 24.3 Å². The highest BCUT2D eigenvalue weighted by Crippen LogP contribution is 2.26. The van der Waals surface area contributed by atoms with Gasteiger partial charge in [0.2, 0.25) is 0 Å². The maximum Gasteiger partial charge on any atom is 0.142 e. The molecule has 1 aromatic carbocycles. The summed E-state index contributed by atoms with van der Waals surface area (Å²) in [5, 5.41) is 0. The Labute approximate surface area is 84.1 Å². The Morgan fingerprint density at radius 1 is 1.38 bits per heavy atom. The lowest BCUT2D eigenvalue weighted by atomic mass is 10.2. The van der Waals surface area contributed by atoms with Crippen LogP contribution in [0.2, 0.25) is 0 Å². The maximum atomic E-state index is 5.66. The average molecular weight is 200 g/mol. The molecule has 0 N–H and O–H groups in total. The lowest BCUT2D eigenvalue weighted by Crippen LogP contribution is -2.19. The summed E-state index contributed by atoms with van der Waals surface area (Å²) in [7, 11) is 3.67. The molecular formula is C10H14ClNO. The van der Waals surface area contributed by atoms with Crippen LogP contribution >= 0.6 is 11.6 Å². The Kier molecular flexibility index (Phi) is 3.90. The summed E-state index contributed by atoms with van der Waals surface area (Å²) < 4.78 is 5.23. The van der Waals surface area contributed by atoms with Gasteiger partial charge < -0.3 is 9.64 Å². The Bertz CT molecular complexity index is 265. The van der Waals surface area contributed by atoms with Crippen molar-refractivity contribution in [2.75, 3.05) is 31.5 Å². The van der Waals surface area contributed by atoms with Gasteiger partial charge in [0.05, 0.1) is 12.8 Å². The van der Waals surface area contributed by atoms with Crippen LogP contribution < -0.4 is 9.64 Å². The molecular weight excluding hydrogens is 186 g/mol. The Balaban J connectivity index is 2.85. The van der Waals surface area contributed by atoms with Crippen molar-refractivity contribution in [3.05, 3.63) is 24.3 Å². The van der Waals surface area contributed by atoms with Gasteiger partial charge in [-0.05, 0) is 12.1 Å². The van der Waals surface area contributed by atoms with E-state index in [1.807, 2.05) is 31.3 Å². The summed E-state index contributed by atoms with van der Waals surface area (Å²) in [6.07, 6.45) is 0. The van der Waals surface area contributed by atoms with Crippen LogP contribution in [-0.2, 0) is 0 Å². The van der Waals surface area contributed by atoms with Crippen molar-refractivity contribution < 1.29 is 4.74 Å². The van der Waals surface area contributed by atoms with Gasteiger partial charge in [-0.25, -0.2) is 0 Å². The fourth-order valence-electron chi connectivity index (χ4n) is 1.19. The largest absolute Gasteiger partial charge is 0.495 e. The summed E-state index contributed by atoms with van der Waals surface area (Å²) in [5.74, 6) is 1.50. The fraction of sp³-hybridized carbons (Fsp3) is 0.400. The van der Waals surface area contributed by atoms with Crippen LogP contribution in [0.1, 0.15) is 0 Å². The van der Waals surface area contributed by atoms with Gasteiger partial charge in [0.1, 0.15) is 5.75 Å². The summed E-state index contributed by atoms with van der Waals surface area (Å²) in [4.78, 5) is 2.08. The molecule has 0 aliphatic heterocycles. The first-order valence-electron chi connectivity index (χ1n) is 4.19. The second-order valence-electron chi connectivity index (χ2n) is 2.78. The zero-order chi connectivity index (χ0) is 9.68. The lowest BCUT2D eigenvalue weighted by Gasteiger charge is -2.20. The van der Waals surface area contributed by atoms with Crippen molar-refractivity contribution >= 4 is 17.3 Å². The third-order valence-electron chi connectivity index (χ3n) is 1.92. The molecule has 0 atom stereocenters. The molecule has 1 rings (SSSR count). The maximum absolute atomic E-state index is 5.66. The van der Waals surface area contributed by atoms with Crippen molar-refractivity contribution in [1.82, 2.24) is 0 Å². The first-order chi connectivity index (χ1) is 6.29. The number of methoxy groups -OCH3 is 1.